The van der Waals surface area contributed by atoms with E-state index in [-0.39, 0.29) is 0 Å². The highest BCUT2D eigenvalue weighted by atomic mass is 16.4. The van der Waals surface area contributed by atoms with Crippen molar-refractivity contribution in [3.05, 3.63) is 18.7 Å². The lowest BCUT2D eigenvalue weighted by atomic mass is 10.4. The largest absolute Gasteiger partial charge is 0.411 e. The molecule has 0 spiro atoms. The number of nitrogens with zero attached hydrogens (tertiary/aromatic N) is 3. The van der Waals surface area contributed by atoms with Crippen LogP contribution in [0.5, 0.6) is 0 Å². The van der Waals surface area contributed by atoms with E-state index < -0.39 is 0 Å². The summed E-state index contributed by atoms with van der Waals surface area (Å²) in [5, 5.41) is 13.4. The molecule has 1 radical (unpaired) electrons. The van der Waals surface area contributed by atoms with Crippen molar-refractivity contribution in [1.29, 1.82) is 0 Å². The minimum atomic E-state index is 0.400. The van der Waals surface area contributed by atoms with Gasteiger partial charge in [-0.1, -0.05) is 0 Å². The smallest absolute Gasteiger partial charge is 0.306 e. The van der Waals surface area contributed by atoms with E-state index in [1.54, 1.807) is 12.3 Å². The first-order valence-electron chi connectivity index (χ1n) is 2.66. The Bertz CT molecular complexity index is 253. The van der Waals surface area contributed by atoms with Crippen molar-refractivity contribution in [2.75, 3.05) is 0 Å². The second-order valence-corrected chi connectivity index (χ2v) is 1.67. The molecule has 0 saturated carbocycles. The highest BCUT2D eigenvalue weighted by molar-refractivity contribution is 5.43. The summed E-state index contributed by atoms with van der Waals surface area (Å²) in [7, 11) is 0. The highest BCUT2D eigenvalue weighted by Crippen LogP contribution is 2.09. The van der Waals surface area contributed by atoms with E-state index in [1.165, 1.54) is 0 Å². The molecule has 2 aromatic heterocycles. The van der Waals surface area contributed by atoms with Crippen molar-refractivity contribution < 1.29 is 4.42 Å². The fraction of sp³-hybridized carbons (Fsp3) is 0. The highest BCUT2D eigenvalue weighted by Gasteiger charge is 2.02. The van der Waals surface area contributed by atoms with Gasteiger partial charge in [-0.05, 0) is 6.07 Å². The molecule has 0 aliphatic heterocycles. The SMILES string of the molecule is [c]1nnc(-c2ccn[nH]2)o1. The molecule has 0 unspecified atom stereocenters. The van der Waals surface area contributed by atoms with Gasteiger partial charge in [-0.2, -0.15) is 5.10 Å². The van der Waals surface area contributed by atoms with Crippen LogP contribution in [0.3, 0.4) is 0 Å². The summed E-state index contributed by atoms with van der Waals surface area (Å²) < 4.78 is 4.76. The molecule has 49 valence electrons. The van der Waals surface area contributed by atoms with Crippen LogP contribution in [0.4, 0.5) is 0 Å². The topological polar surface area (TPSA) is 67.6 Å². The first kappa shape index (κ1) is 5.16. The molecule has 0 saturated heterocycles. The van der Waals surface area contributed by atoms with Crippen LogP contribution >= 0.6 is 0 Å². The molecule has 2 aromatic rings. The van der Waals surface area contributed by atoms with E-state index in [2.05, 4.69) is 26.8 Å². The van der Waals surface area contributed by atoms with Crippen molar-refractivity contribution in [2.24, 2.45) is 0 Å². The summed E-state index contributed by atoms with van der Waals surface area (Å²) in [6.45, 7) is 0. The predicted molar refractivity (Wildman–Crippen MR) is 30.7 cm³/mol. The monoisotopic (exact) mass is 135 g/mol. The Morgan fingerprint density at radius 1 is 1.60 bits per heavy atom. The fourth-order valence-corrected chi connectivity index (χ4v) is 0.634. The van der Waals surface area contributed by atoms with Gasteiger partial charge in [0.05, 0.1) is 0 Å². The minimum Gasteiger partial charge on any atom is -0.411 e. The van der Waals surface area contributed by atoms with Crippen LogP contribution < -0.4 is 0 Å². The Kier molecular flexibility index (Phi) is 1.00. The van der Waals surface area contributed by atoms with Crippen molar-refractivity contribution in [2.45, 2.75) is 0 Å². The van der Waals surface area contributed by atoms with Crippen LogP contribution in [-0.2, 0) is 0 Å². The van der Waals surface area contributed by atoms with Crippen LogP contribution in [0.15, 0.2) is 16.7 Å². The number of rotatable bonds is 1. The molecule has 10 heavy (non-hydrogen) atoms. The summed E-state index contributed by atoms with van der Waals surface area (Å²) in [5.74, 6) is 0.400. The van der Waals surface area contributed by atoms with Crippen molar-refractivity contribution in [1.82, 2.24) is 20.4 Å². The standard InChI is InChI=1S/C5H3N4O/c1-2-6-8-4(1)5-9-7-3-10-5/h1-2H,(H,6,8). The number of H-pyrrole nitrogens is 1. The average molecular weight is 135 g/mol. The second kappa shape index (κ2) is 1.94. The zero-order chi connectivity index (χ0) is 6.81. The van der Waals surface area contributed by atoms with Gasteiger partial charge < -0.3 is 4.42 Å². The predicted octanol–water partition coefficient (Wildman–Crippen LogP) is 0.260. The quantitative estimate of drug-likeness (QED) is 0.609. The third kappa shape index (κ3) is 0.680. The van der Waals surface area contributed by atoms with E-state index in [4.69, 9.17) is 4.42 Å². The van der Waals surface area contributed by atoms with E-state index in [9.17, 15) is 0 Å². The van der Waals surface area contributed by atoms with Gasteiger partial charge >= 0.3 is 6.39 Å². The Labute approximate surface area is 56.1 Å². The molecule has 2 heterocycles. The maximum absolute atomic E-state index is 4.76. The van der Waals surface area contributed by atoms with Crippen LogP contribution in [-0.4, -0.2) is 20.4 Å². The van der Waals surface area contributed by atoms with E-state index >= 15 is 0 Å². The van der Waals surface area contributed by atoms with Gasteiger partial charge in [-0.15, -0.1) is 10.2 Å². The number of hydrogen-bond acceptors (Lipinski definition) is 4. The molecular weight excluding hydrogens is 132 g/mol. The van der Waals surface area contributed by atoms with Crippen LogP contribution in [0.25, 0.3) is 11.6 Å². The zero-order valence-corrected chi connectivity index (χ0v) is 4.90. The summed E-state index contributed by atoms with van der Waals surface area (Å²) in [5.41, 5.74) is 0.703. The Morgan fingerprint density at radius 2 is 2.60 bits per heavy atom. The van der Waals surface area contributed by atoms with E-state index in [0.29, 0.717) is 11.6 Å². The molecule has 0 bridgehead atoms. The van der Waals surface area contributed by atoms with Gasteiger partial charge in [0.25, 0.3) is 5.89 Å². The lowest BCUT2D eigenvalue weighted by molar-refractivity contribution is 0.556. The van der Waals surface area contributed by atoms with Gasteiger partial charge in [0.15, 0.2) is 0 Å². The molecule has 5 heteroatoms. The Morgan fingerprint density at radius 3 is 3.20 bits per heavy atom. The van der Waals surface area contributed by atoms with Crippen LogP contribution in [0.2, 0.25) is 0 Å². The van der Waals surface area contributed by atoms with Crippen LogP contribution in [0.1, 0.15) is 0 Å². The molecule has 0 aromatic carbocycles. The number of hydrogen-bond donors (Lipinski definition) is 1. The number of aromatic nitrogens is 4. The average Bonchev–Trinajstić information content (AvgIpc) is 2.59. The minimum absolute atomic E-state index is 0.400. The van der Waals surface area contributed by atoms with Crippen molar-refractivity contribution >= 4 is 0 Å². The van der Waals surface area contributed by atoms with Gasteiger partial charge in [-0.25, -0.2) is 0 Å². The van der Waals surface area contributed by atoms with Crippen molar-refractivity contribution in [3.63, 3.8) is 0 Å². The number of nitrogens with one attached hydrogen (secondary N) is 1. The molecular formula is C5H3N4O. The van der Waals surface area contributed by atoms with Gasteiger partial charge in [0.1, 0.15) is 5.69 Å². The molecule has 2 rings (SSSR count). The normalized spacial score (nSPS) is 10.0. The van der Waals surface area contributed by atoms with Gasteiger partial charge in [0, 0.05) is 6.20 Å². The van der Waals surface area contributed by atoms with Crippen LogP contribution in [0, 0.1) is 6.39 Å². The molecule has 5 nitrogen and oxygen atoms in total. The number of aromatic amines is 1. The second-order valence-electron chi connectivity index (χ2n) is 1.67. The molecule has 0 amide bonds. The van der Waals surface area contributed by atoms with E-state index in [0.717, 1.165) is 0 Å². The summed E-state index contributed by atoms with van der Waals surface area (Å²) >= 11 is 0. The summed E-state index contributed by atoms with van der Waals surface area (Å²) in [6, 6.07) is 1.74. The first-order chi connectivity index (χ1) is 4.97. The molecule has 0 aliphatic carbocycles. The van der Waals surface area contributed by atoms with Gasteiger partial charge in [0.2, 0.25) is 0 Å². The van der Waals surface area contributed by atoms with Crippen molar-refractivity contribution in [3.8, 4) is 11.6 Å². The first-order valence-corrected chi connectivity index (χ1v) is 2.66. The lowest BCUT2D eigenvalue weighted by Gasteiger charge is -1.81. The van der Waals surface area contributed by atoms with E-state index in [1.807, 2.05) is 0 Å². The third-order valence-corrected chi connectivity index (χ3v) is 1.06. The zero-order valence-electron chi connectivity index (χ0n) is 4.90. The maximum atomic E-state index is 4.76. The summed E-state index contributed by atoms with van der Waals surface area (Å²) in [6.07, 6.45) is 3.84. The lowest BCUT2D eigenvalue weighted by Crippen LogP contribution is -1.76. The molecule has 0 fully saturated rings. The molecule has 0 aliphatic rings. The Hall–Kier alpha value is -1.65. The van der Waals surface area contributed by atoms with Gasteiger partial charge in [-0.3, -0.25) is 5.10 Å². The molecule has 1 N–H and O–H groups in total. The maximum Gasteiger partial charge on any atom is 0.306 e. The fourth-order valence-electron chi connectivity index (χ4n) is 0.634. The molecule has 0 atom stereocenters. The third-order valence-electron chi connectivity index (χ3n) is 1.06. The summed E-state index contributed by atoms with van der Waals surface area (Å²) in [4.78, 5) is 0. The Balaban J connectivity index is 2.48.